The van der Waals surface area contributed by atoms with Crippen LogP contribution in [-0.4, -0.2) is 9.97 Å². The molecule has 0 aliphatic heterocycles. The molecule has 0 amide bonds. The van der Waals surface area contributed by atoms with Gasteiger partial charge in [0, 0.05) is 17.8 Å². The van der Waals surface area contributed by atoms with E-state index in [1.54, 1.807) is 31.2 Å². The molecule has 0 fully saturated rings. The standard InChI is InChI=1S/C11H9Cl2N3O/c1-6-4-10(16-11(14)15-6)17-7-2-3-8(12)9(13)5-7/h2-5H,1H3,(H2,14,15,16). The molecular formula is C11H9Cl2N3O. The number of nitrogen functional groups attached to an aromatic ring is 1. The SMILES string of the molecule is Cc1cc(Oc2ccc(Cl)c(Cl)c2)nc(N)n1. The van der Waals surface area contributed by atoms with E-state index in [0.717, 1.165) is 5.69 Å². The largest absolute Gasteiger partial charge is 0.439 e. The highest BCUT2D eigenvalue weighted by molar-refractivity contribution is 6.42. The highest BCUT2D eigenvalue weighted by Crippen LogP contribution is 2.28. The quantitative estimate of drug-likeness (QED) is 0.907. The number of nitrogens with zero attached hydrogens (tertiary/aromatic N) is 2. The van der Waals surface area contributed by atoms with E-state index in [4.69, 9.17) is 33.7 Å². The summed E-state index contributed by atoms with van der Waals surface area (Å²) in [7, 11) is 0. The van der Waals surface area contributed by atoms with Crippen molar-refractivity contribution in [1.82, 2.24) is 9.97 Å². The van der Waals surface area contributed by atoms with Crippen molar-refractivity contribution in [3.63, 3.8) is 0 Å². The predicted octanol–water partition coefficient (Wildman–Crippen LogP) is 3.47. The fraction of sp³-hybridized carbons (Fsp3) is 0.0909. The molecule has 0 saturated carbocycles. The molecule has 0 saturated heterocycles. The van der Waals surface area contributed by atoms with Gasteiger partial charge in [-0.1, -0.05) is 23.2 Å². The van der Waals surface area contributed by atoms with Crippen molar-refractivity contribution in [1.29, 1.82) is 0 Å². The summed E-state index contributed by atoms with van der Waals surface area (Å²) in [5, 5.41) is 0.889. The molecule has 2 N–H and O–H groups in total. The maximum absolute atomic E-state index is 5.87. The lowest BCUT2D eigenvalue weighted by Crippen LogP contribution is -1.98. The molecular weight excluding hydrogens is 261 g/mol. The summed E-state index contributed by atoms with van der Waals surface area (Å²) in [6, 6.07) is 6.63. The van der Waals surface area contributed by atoms with Crippen molar-refractivity contribution < 1.29 is 4.74 Å². The molecule has 0 aliphatic carbocycles. The van der Waals surface area contributed by atoms with Gasteiger partial charge in [0.15, 0.2) is 0 Å². The summed E-state index contributed by atoms with van der Waals surface area (Å²) in [4.78, 5) is 7.90. The minimum absolute atomic E-state index is 0.167. The van der Waals surface area contributed by atoms with Crippen LogP contribution in [0.5, 0.6) is 11.6 Å². The molecule has 0 spiro atoms. The average Bonchev–Trinajstić information content (AvgIpc) is 2.22. The smallest absolute Gasteiger partial charge is 0.224 e. The molecule has 6 heteroatoms. The van der Waals surface area contributed by atoms with E-state index in [9.17, 15) is 0 Å². The highest BCUT2D eigenvalue weighted by Gasteiger charge is 2.04. The topological polar surface area (TPSA) is 61.0 Å². The summed E-state index contributed by atoms with van der Waals surface area (Å²) < 4.78 is 5.50. The third-order valence-electron chi connectivity index (χ3n) is 1.96. The van der Waals surface area contributed by atoms with Crippen LogP contribution in [0.25, 0.3) is 0 Å². The summed E-state index contributed by atoms with van der Waals surface area (Å²) in [6.07, 6.45) is 0. The zero-order valence-corrected chi connectivity index (χ0v) is 10.5. The summed E-state index contributed by atoms with van der Waals surface area (Å²) in [6.45, 7) is 1.81. The fourth-order valence-corrected chi connectivity index (χ4v) is 1.56. The first kappa shape index (κ1) is 12.0. The van der Waals surface area contributed by atoms with Crippen molar-refractivity contribution in [2.75, 3.05) is 5.73 Å². The molecule has 88 valence electrons. The van der Waals surface area contributed by atoms with Crippen LogP contribution in [0.15, 0.2) is 24.3 Å². The van der Waals surface area contributed by atoms with Gasteiger partial charge in [0.1, 0.15) is 5.75 Å². The highest BCUT2D eigenvalue weighted by atomic mass is 35.5. The van der Waals surface area contributed by atoms with Crippen LogP contribution < -0.4 is 10.5 Å². The van der Waals surface area contributed by atoms with Crippen molar-refractivity contribution >= 4 is 29.2 Å². The third-order valence-corrected chi connectivity index (χ3v) is 2.70. The van der Waals surface area contributed by atoms with Gasteiger partial charge in [-0.3, -0.25) is 0 Å². The summed E-state index contributed by atoms with van der Waals surface area (Å²) >= 11 is 11.7. The van der Waals surface area contributed by atoms with Crippen LogP contribution in [0.3, 0.4) is 0 Å². The van der Waals surface area contributed by atoms with Crippen LogP contribution in [0.2, 0.25) is 10.0 Å². The Morgan fingerprint density at radius 1 is 1.12 bits per heavy atom. The number of hydrogen-bond donors (Lipinski definition) is 1. The second-order valence-corrected chi connectivity index (χ2v) is 4.20. The number of benzene rings is 1. The van der Waals surface area contributed by atoms with E-state index in [1.807, 2.05) is 0 Å². The Balaban J connectivity index is 2.28. The lowest BCUT2D eigenvalue weighted by Gasteiger charge is -2.06. The van der Waals surface area contributed by atoms with Crippen LogP contribution in [0.1, 0.15) is 5.69 Å². The predicted molar refractivity (Wildman–Crippen MR) is 67.7 cm³/mol. The number of ether oxygens (including phenoxy) is 1. The molecule has 4 nitrogen and oxygen atoms in total. The zero-order chi connectivity index (χ0) is 12.4. The molecule has 17 heavy (non-hydrogen) atoms. The maximum atomic E-state index is 5.87. The molecule has 2 aromatic rings. The summed E-state index contributed by atoms with van der Waals surface area (Å²) in [5.74, 6) is 1.07. The molecule has 0 aliphatic rings. The minimum Gasteiger partial charge on any atom is -0.439 e. The molecule has 0 atom stereocenters. The fourth-order valence-electron chi connectivity index (χ4n) is 1.28. The molecule has 0 unspecified atom stereocenters. The number of rotatable bonds is 2. The van der Waals surface area contributed by atoms with Crippen LogP contribution in [-0.2, 0) is 0 Å². The van der Waals surface area contributed by atoms with Crippen molar-refractivity contribution in [3.8, 4) is 11.6 Å². The monoisotopic (exact) mass is 269 g/mol. The molecule has 0 bridgehead atoms. The van der Waals surface area contributed by atoms with Crippen molar-refractivity contribution in [3.05, 3.63) is 40.0 Å². The average molecular weight is 270 g/mol. The lowest BCUT2D eigenvalue weighted by atomic mass is 10.3. The van der Waals surface area contributed by atoms with Crippen molar-refractivity contribution in [2.45, 2.75) is 6.92 Å². The molecule has 0 radical (unpaired) electrons. The normalized spacial score (nSPS) is 10.3. The Kier molecular flexibility index (Phi) is 3.36. The first-order valence-electron chi connectivity index (χ1n) is 4.78. The Morgan fingerprint density at radius 2 is 1.88 bits per heavy atom. The number of nitrogens with two attached hydrogens (primary N) is 1. The van der Waals surface area contributed by atoms with Gasteiger partial charge < -0.3 is 10.5 Å². The Hall–Kier alpha value is -1.52. The minimum atomic E-state index is 0.167. The molecule has 2 rings (SSSR count). The van der Waals surface area contributed by atoms with Crippen LogP contribution in [0.4, 0.5) is 5.95 Å². The van der Waals surface area contributed by atoms with E-state index in [2.05, 4.69) is 9.97 Å². The van der Waals surface area contributed by atoms with Crippen LogP contribution in [0, 0.1) is 6.92 Å². The van der Waals surface area contributed by atoms with Crippen LogP contribution >= 0.6 is 23.2 Å². The third kappa shape index (κ3) is 2.99. The number of aromatic nitrogens is 2. The van der Waals surface area contributed by atoms with Gasteiger partial charge in [-0.05, 0) is 19.1 Å². The van der Waals surface area contributed by atoms with Gasteiger partial charge in [-0.2, -0.15) is 4.98 Å². The van der Waals surface area contributed by atoms with E-state index < -0.39 is 0 Å². The van der Waals surface area contributed by atoms with Gasteiger partial charge >= 0.3 is 0 Å². The molecule has 1 aromatic heterocycles. The lowest BCUT2D eigenvalue weighted by molar-refractivity contribution is 0.462. The van der Waals surface area contributed by atoms with E-state index >= 15 is 0 Å². The first-order valence-corrected chi connectivity index (χ1v) is 5.54. The van der Waals surface area contributed by atoms with E-state index in [-0.39, 0.29) is 5.95 Å². The number of hydrogen-bond acceptors (Lipinski definition) is 4. The number of anilines is 1. The first-order chi connectivity index (χ1) is 8.04. The number of halogens is 2. The zero-order valence-electron chi connectivity index (χ0n) is 8.95. The van der Waals surface area contributed by atoms with Gasteiger partial charge in [0.2, 0.25) is 11.8 Å². The summed E-state index contributed by atoms with van der Waals surface area (Å²) in [5.41, 5.74) is 6.25. The second-order valence-electron chi connectivity index (χ2n) is 3.38. The van der Waals surface area contributed by atoms with Gasteiger partial charge in [0.25, 0.3) is 0 Å². The Bertz CT molecular complexity index is 540. The van der Waals surface area contributed by atoms with Gasteiger partial charge in [0.05, 0.1) is 10.0 Å². The number of aryl methyl sites for hydroxylation is 1. The Labute approximate surface area is 108 Å². The van der Waals surface area contributed by atoms with Gasteiger partial charge in [-0.25, -0.2) is 4.98 Å². The van der Waals surface area contributed by atoms with E-state index in [0.29, 0.717) is 21.7 Å². The second kappa shape index (κ2) is 4.77. The maximum Gasteiger partial charge on any atom is 0.224 e. The Morgan fingerprint density at radius 3 is 2.53 bits per heavy atom. The van der Waals surface area contributed by atoms with Crippen molar-refractivity contribution in [2.24, 2.45) is 0 Å². The van der Waals surface area contributed by atoms with Gasteiger partial charge in [-0.15, -0.1) is 0 Å². The van der Waals surface area contributed by atoms with E-state index in [1.165, 1.54) is 0 Å². The molecule has 1 aromatic carbocycles. The molecule has 1 heterocycles.